The quantitative estimate of drug-likeness (QED) is 0.479. The second-order valence-corrected chi connectivity index (χ2v) is 7.91. The summed E-state index contributed by atoms with van der Waals surface area (Å²) in [5, 5.41) is 10.6. The van der Waals surface area contributed by atoms with Crippen molar-refractivity contribution in [3.63, 3.8) is 0 Å². The number of aromatic nitrogens is 4. The number of aliphatic hydroxyl groups excluding tert-OH is 1. The van der Waals surface area contributed by atoms with E-state index in [1.807, 2.05) is 0 Å². The van der Waals surface area contributed by atoms with E-state index in [-0.39, 0.29) is 24.3 Å². The van der Waals surface area contributed by atoms with Gasteiger partial charge in [-0.2, -0.15) is 0 Å². The minimum absolute atomic E-state index is 0.0211. The first-order valence-electron chi connectivity index (χ1n) is 7.93. The van der Waals surface area contributed by atoms with E-state index in [1.54, 1.807) is 0 Å². The molecule has 5 atom stereocenters. The molecule has 0 aliphatic carbocycles. The highest BCUT2D eigenvalue weighted by Gasteiger charge is 2.48. The Bertz CT molecular complexity index is 975. The van der Waals surface area contributed by atoms with Gasteiger partial charge >= 0.3 is 7.60 Å². The first kappa shape index (κ1) is 19.7. The summed E-state index contributed by atoms with van der Waals surface area (Å²) in [6.45, 7) is 1.08. The molecule has 0 saturated carbocycles. The van der Waals surface area contributed by atoms with Crippen LogP contribution in [0.25, 0.3) is 11.2 Å². The zero-order valence-corrected chi connectivity index (χ0v) is 15.5. The monoisotopic (exact) mass is 398 g/mol. The number of aliphatic hydroxyl groups is 1. The van der Waals surface area contributed by atoms with Crippen LogP contribution in [0, 0.1) is 12.3 Å². The zero-order valence-electron chi connectivity index (χ0n) is 14.6. The maximum atomic E-state index is 12.4. The van der Waals surface area contributed by atoms with E-state index in [1.165, 1.54) is 28.9 Å². The van der Waals surface area contributed by atoms with Crippen LogP contribution < -0.4 is 5.56 Å². The summed E-state index contributed by atoms with van der Waals surface area (Å²) in [7, 11) is -2.47. The van der Waals surface area contributed by atoms with Crippen molar-refractivity contribution in [3.8, 4) is 12.3 Å². The van der Waals surface area contributed by atoms with Crippen molar-refractivity contribution >= 4 is 18.8 Å². The molecule has 1 fully saturated rings. The smallest absolute Gasteiger partial charge is 0.325 e. The molecule has 1 aliphatic heterocycles. The molecule has 0 amide bonds. The molecule has 12 heteroatoms. The first-order chi connectivity index (χ1) is 12.8. The van der Waals surface area contributed by atoms with Crippen molar-refractivity contribution in [3.05, 3.63) is 23.0 Å². The molecule has 0 spiro atoms. The Morgan fingerprint density at radius 2 is 2.19 bits per heavy atom. The fourth-order valence-electron chi connectivity index (χ4n) is 2.95. The molecular weight excluding hydrogens is 379 g/mol. The standard InChI is InChI=1S/C15H19N4O7P/c1-4-5-18-7-17-13-10(14(18)21)16-8-19(13)15-11(20)12(26-27(3,22)23)9(25-15)6-24-2/h1,7-9,11-12,15,20H,5-6H2,2-3H3,(H,22,23)/t9-,11?,12+,15-/m1/s1. The Hall–Kier alpha value is -2.06. The number of ether oxygens (including phenoxy) is 2. The summed E-state index contributed by atoms with van der Waals surface area (Å²) in [5.41, 5.74) is -0.198. The maximum Gasteiger partial charge on any atom is 0.325 e. The van der Waals surface area contributed by atoms with Gasteiger partial charge in [-0.05, 0) is 0 Å². The SMILES string of the molecule is C#CCn1cnc2c(ncn2[C@@H]2O[C@H](COC)[C@H](OP(C)(=O)O)C2O)c1=O. The predicted molar refractivity (Wildman–Crippen MR) is 93.0 cm³/mol. The van der Waals surface area contributed by atoms with Gasteiger partial charge in [-0.3, -0.25) is 23.0 Å². The molecule has 2 aromatic rings. The third-order valence-electron chi connectivity index (χ3n) is 4.04. The Balaban J connectivity index is 1.98. The van der Waals surface area contributed by atoms with Crippen LogP contribution in [0.15, 0.2) is 17.4 Å². The highest BCUT2D eigenvalue weighted by molar-refractivity contribution is 7.51. The summed E-state index contributed by atoms with van der Waals surface area (Å²) in [5.74, 6) is 2.35. The van der Waals surface area contributed by atoms with Crippen LogP contribution in [-0.4, -0.2) is 67.8 Å². The molecule has 3 rings (SSSR count). The number of fused-ring (bicyclic) bond motifs is 1. The van der Waals surface area contributed by atoms with Crippen molar-refractivity contribution < 1.29 is 28.6 Å². The summed E-state index contributed by atoms with van der Waals surface area (Å²) in [6.07, 6.45) is 3.51. The third kappa shape index (κ3) is 3.82. The molecule has 1 saturated heterocycles. The minimum Gasteiger partial charge on any atom is -0.386 e. The number of hydrogen-bond acceptors (Lipinski definition) is 8. The van der Waals surface area contributed by atoms with Crippen molar-refractivity contribution in [1.29, 1.82) is 0 Å². The van der Waals surface area contributed by atoms with Crippen molar-refractivity contribution in [1.82, 2.24) is 19.1 Å². The van der Waals surface area contributed by atoms with E-state index < -0.39 is 37.7 Å². The second kappa shape index (κ2) is 7.52. The Morgan fingerprint density at radius 1 is 1.44 bits per heavy atom. The Kier molecular flexibility index (Phi) is 5.48. The number of methoxy groups -OCH3 is 1. The van der Waals surface area contributed by atoms with Gasteiger partial charge in [0.1, 0.15) is 24.6 Å². The molecule has 2 unspecified atom stereocenters. The lowest BCUT2D eigenvalue weighted by Crippen LogP contribution is -2.35. The summed E-state index contributed by atoms with van der Waals surface area (Å²) >= 11 is 0. The number of imidazole rings is 1. The summed E-state index contributed by atoms with van der Waals surface area (Å²) < 4.78 is 30.1. The van der Waals surface area contributed by atoms with Gasteiger partial charge in [-0.15, -0.1) is 6.42 Å². The number of terminal acetylenes is 1. The van der Waals surface area contributed by atoms with Crippen LogP contribution in [0.3, 0.4) is 0 Å². The Labute approximate surface area is 154 Å². The molecule has 3 heterocycles. The van der Waals surface area contributed by atoms with Gasteiger partial charge in [0.2, 0.25) is 0 Å². The maximum absolute atomic E-state index is 12.4. The number of nitrogens with zero attached hydrogens (tertiary/aromatic N) is 4. The van der Waals surface area contributed by atoms with Crippen LogP contribution in [0.5, 0.6) is 0 Å². The molecule has 0 aromatic carbocycles. The van der Waals surface area contributed by atoms with Crippen LogP contribution in [0.1, 0.15) is 6.23 Å². The molecule has 0 radical (unpaired) electrons. The number of hydrogen-bond donors (Lipinski definition) is 2. The van der Waals surface area contributed by atoms with Crippen molar-refractivity contribution in [2.45, 2.75) is 31.1 Å². The van der Waals surface area contributed by atoms with Gasteiger partial charge in [-0.25, -0.2) is 9.97 Å². The van der Waals surface area contributed by atoms with Crippen LogP contribution in [0.2, 0.25) is 0 Å². The van der Waals surface area contributed by atoms with Crippen LogP contribution in [0.4, 0.5) is 0 Å². The Morgan fingerprint density at radius 3 is 2.81 bits per heavy atom. The average Bonchev–Trinajstić information content (AvgIpc) is 3.13. The lowest BCUT2D eigenvalue weighted by molar-refractivity contribution is -0.0571. The second-order valence-electron chi connectivity index (χ2n) is 6.09. The largest absolute Gasteiger partial charge is 0.386 e. The molecule has 2 aromatic heterocycles. The van der Waals surface area contributed by atoms with Gasteiger partial charge < -0.3 is 19.5 Å². The van der Waals surface area contributed by atoms with Gasteiger partial charge in [0.25, 0.3) is 5.56 Å². The molecule has 27 heavy (non-hydrogen) atoms. The van der Waals surface area contributed by atoms with E-state index in [9.17, 15) is 19.4 Å². The van der Waals surface area contributed by atoms with E-state index in [0.717, 1.165) is 6.66 Å². The zero-order chi connectivity index (χ0) is 19.8. The highest BCUT2D eigenvalue weighted by Crippen LogP contribution is 2.44. The molecular formula is C15H19N4O7P. The molecule has 1 aliphatic rings. The molecule has 2 N–H and O–H groups in total. The fourth-order valence-corrected chi connectivity index (χ4v) is 3.66. The predicted octanol–water partition coefficient (Wildman–Crippen LogP) is -0.669. The lowest BCUT2D eigenvalue weighted by atomic mass is 10.1. The van der Waals surface area contributed by atoms with Crippen molar-refractivity contribution in [2.75, 3.05) is 20.4 Å². The molecule has 146 valence electrons. The first-order valence-corrected chi connectivity index (χ1v) is 9.96. The number of rotatable bonds is 6. The van der Waals surface area contributed by atoms with Gasteiger partial charge in [0, 0.05) is 13.8 Å². The van der Waals surface area contributed by atoms with Crippen molar-refractivity contribution in [2.24, 2.45) is 0 Å². The van der Waals surface area contributed by atoms with Crippen LogP contribution in [-0.2, 0) is 25.1 Å². The van der Waals surface area contributed by atoms with E-state index in [4.69, 9.17) is 20.4 Å². The third-order valence-corrected chi connectivity index (χ3v) is 4.68. The van der Waals surface area contributed by atoms with E-state index in [2.05, 4.69) is 15.9 Å². The molecule has 11 nitrogen and oxygen atoms in total. The van der Waals surface area contributed by atoms with E-state index >= 15 is 0 Å². The van der Waals surface area contributed by atoms with E-state index in [0.29, 0.717) is 0 Å². The van der Waals surface area contributed by atoms with Gasteiger partial charge in [0.15, 0.2) is 17.4 Å². The topological polar surface area (TPSA) is 138 Å². The van der Waals surface area contributed by atoms with Gasteiger partial charge in [-0.1, -0.05) is 5.92 Å². The van der Waals surface area contributed by atoms with Gasteiger partial charge in [0.05, 0.1) is 19.5 Å². The molecule has 0 bridgehead atoms. The average molecular weight is 398 g/mol. The summed E-state index contributed by atoms with van der Waals surface area (Å²) in [6, 6.07) is 0. The highest BCUT2D eigenvalue weighted by atomic mass is 31.2. The lowest BCUT2D eigenvalue weighted by Gasteiger charge is -2.21. The minimum atomic E-state index is -3.90. The fraction of sp³-hybridized carbons (Fsp3) is 0.533. The summed E-state index contributed by atoms with van der Waals surface area (Å²) in [4.78, 5) is 30.1. The normalized spacial score (nSPS) is 27.5. The van der Waals surface area contributed by atoms with Crippen LogP contribution >= 0.6 is 7.60 Å².